The van der Waals surface area contributed by atoms with Gasteiger partial charge < -0.3 is 5.73 Å². The molecular weight excluding hydrogens is 366 g/mol. The smallest absolute Gasteiger partial charge is 0.0336 e. The van der Waals surface area contributed by atoms with Crippen molar-refractivity contribution in [1.82, 2.24) is 0 Å². The van der Waals surface area contributed by atoms with E-state index in [1.165, 1.54) is 16.7 Å². The predicted molar refractivity (Wildman–Crippen MR) is 88.4 cm³/mol. The molecule has 1 unspecified atom stereocenters. The van der Waals surface area contributed by atoms with Crippen LogP contribution in [0.2, 0.25) is 0 Å². The molecule has 0 bridgehead atoms. The zero-order valence-corrected chi connectivity index (χ0v) is 14.3. The minimum atomic E-state index is 0.00861. The molecule has 0 saturated carbocycles. The molecule has 1 nitrogen and oxygen atoms in total. The fourth-order valence-electron chi connectivity index (χ4n) is 2.16. The van der Waals surface area contributed by atoms with Crippen LogP contribution in [0.5, 0.6) is 0 Å². The molecule has 0 aromatic heterocycles. The molecule has 3 heteroatoms. The van der Waals surface area contributed by atoms with E-state index in [9.17, 15) is 0 Å². The zero-order valence-electron chi connectivity index (χ0n) is 11.1. The molecule has 0 amide bonds. The lowest BCUT2D eigenvalue weighted by molar-refractivity contribution is 0.717. The van der Waals surface area contributed by atoms with E-state index in [-0.39, 0.29) is 6.04 Å². The Labute approximate surface area is 131 Å². The molecule has 0 radical (unpaired) electrons. The Morgan fingerprint density at radius 1 is 1.00 bits per heavy atom. The van der Waals surface area contributed by atoms with Crippen LogP contribution in [0.25, 0.3) is 0 Å². The van der Waals surface area contributed by atoms with Crippen molar-refractivity contribution in [2.24, 2.45) is 5.73 Å². The maximum absolute atomic E-state index is 6.34. The van der Waals surface area contributed by atoms with Gasteiger partial charge in [0.15, 0.2) is 0 Å². The Balaban J connectivity index is 2.25. The molecule has 2 aromatic rings. The second-order valence-electron chi connectivity index (χ2n) is 4.94. The van der Waals surface area contributed by atoms with Gasteiger partial charge in [0.2, 0.25) is 0 Å². The lowest BCUT2D eigenvalue weighted by Crippen LogP contribution is -2.14. The molecule has 0 saturated heterocycles. The van der Waals surface area contributed by atoms with Crippen LogP contribution in [0.3, 0.4) is 0 Å². The number of nitrogens with two attached hydrogens (primary N) is 1. The van der Waals surface area contributed by atoms with Gasteiger partial charge in [-0.05, 0) is 55.2 Å². The van der Waals surface area contributed by atoms with E-state index in [1.807, 2.05) is 6.07 Å². The summed E-state index contributed by atoms with van der Waals surface area (Å²) in [7, 11) is 0. The topological polar surface area (TPSA) is 26.0 Å². The largest absolute Gasteiger partial charge is 0.324 e. The summed E-state index contributed by atoms with van der Waals surface area (Å²) < 4.78 is 2.10. The fraction of sp³-hybridized carbons (Fsp3) is 0.250. The van der Waals surface area contributed by atoms with Gasteiger partial charge in [0, 0.05) is 15.0 Å². The molecule has 2 rings (SSSR count). The van der Waals surface area contributed by atoms with Crippen LogP contribution in [0.1, 0.15) is 28.3 Å². The van der Waals surface area contributed by atoms with Crippen LogP contribution >= 0.6 is 31.9 Å². The third-order valence-corrected chi connectivity index (χ3v) is 4.17. The Kier molecular flexibility index (Phi) is 4.82. The normalized spacial score (nSPS) is 12.5. The van der Waals surface area contributed by atoms with Crippen molar-refractivity contribution in [2.45, 2.75) is 26.3 Å². The first-order valence-electron chi connectivity index (χ1n) is 6.23. The van der Waals surface area contributed by atoms with E-state index in [0.29, 0.717) is 0 Å². The maximum Gasteiger partial charge on any atom is 0.0336 e. The van der Waals surface area contributed by atoms with Crippen molar-refractivity contribution in [3.63, 3.8) is 0 Å². The summed E-state index contributed by atoms with van der Waals surface area (Å²) in [6, 6.07) is 12.7. The number of rotatable bonds is 3. The van der Waals surface area contributed by atoms with Crippen molar-refractivity contribution in [3.8, 4) is 0 Å². The summed E-state index contributed by atoms with van der Waals surface area (Å²) in [5.41, 5.74) is 11.4. The highest BCUT2D eigenvalue weighted by Gasteiger charge is 2.10. The lowest BCUT2D eigenvalue weighted by Gasteiger charge is -2.15. The highest BCUT2D eigenvalue weighted by Crippen LogP contribution is 2.26. The van der Waals surface area contributed by atoms with E-state index < -0.39 is 0 Å². The summed E-state index contributed by atoms with van der Waals surface area (Å²) in [4.78, 5) is 0. The molecular formula is C16H17Br2N. The molecule has 0 aliphatic heterocycles. The van der Waals surface area contributed by atoms with Gasteiger partial charge in [-0.15, -0.1) is 0 Å². The Bertz CT molecular complexity index is 573. The number of benzene rings is 2. The molecule has 2 aromatic carbocycles. The van der Waals surface area contributed by atoms with Gasteiger partial charge in [-0.25, -0.2) is 0 Å². The first-order valence-corrected chi connectivity index (χ1v) is 7.82. The molecule has 0 aliphatic carbocycles. The molecule has 2 N–H and O–H groups in total. The SMILES string of the molecule is Cc1ccc(C)c(CC(N)c2cc(Br)cc(Br)c2)c1. The Morgan fingerprint density at radius 2 is 1.63 bits per heavy atom. The van der Waals surface area contributed by atoms with Gasteiger partial charge in [0.1, 0.15) is 0 Å². The summed E-state index contributed by atoms with van der Waals surface area (Å²) in [5, 5.41) is 0. The minimum absolute atomic E-state index is 0.00861. The molecule has 0 fully saturated rings. The molecule has 1 atom stereocenters. The lowest BCUT2D eigenvalue weighted by atomic mass is 9.95. The van der Waals surface area contributed by atoms with Gasteiger partial charge in [0.05, 0.1) is 0 Å². The maximum atomic E-state index is 6.34. The van der Waals surface area contributed by atoms with E-state index >= 15 is 0 Å². The standard InChI is InChI=1S/C16H17Br2N/c1-10-3-4-11(2)12(5-10)8-16(19)13-6-14(17)9-15(18)7-13/h3-7,9,16H,8,19H2,1-2H3. The summed E-state index contributed by atoms with van der Waals surface area (Å²) in [6.07, 6.45) is 0.858. The van der Waals surface area contributed by atoms with Crippen LogP contribution in [-0.4, -0.2) is 0 Å². The van der Waals surface area contributed by atoms with Gasteiger partial charge in [0.25, 0.3) is 0 Å². The van der Waals surface area contributed by atoms with E-state index in [0.717, 1.165) is 20.9 Å². The number of halogens is 2. The average molecular weight is 383 g/mol. The quantitative estimate of drug-likeness (QED) is 0.787. The van der Waals surface area contributed by atoms with Gasteiger partial charge in [-0.3, -0.25) is 0 Å². The minimum Gasteiger partial charge on any atom is -0.324 e. The first kappa shape index (κ1) is 14.8. The van der Waals surface area contributed by atoms with Crippen LogP contribution in [0, 0.1) is 13.8 Å². The summed E-state index contributed by atoms with van der Waals surface area (Å²) >= 11 is 7.01. The predicted octanol–water partition coefficient (Wildman–Crippen LogP) is 5.07. The molecule has 0 spiro atoms. The number of hydrogen-bond donors (Lipinski definition) is 1. The fourth-order valence-corrected chi connectivity index (χ4v) is 3.49. The highest BCUT2D eigenvalue weighted by atomic mass is 79.9. The molecule has 0 heterocycles. The first-order chi connectivity index (χ1) is 8.95. The monoisotopic (exact) mass is 381 g/mol. The van der Waals surface area contributed by atoms with E-state index in [2.05, 4.69) is 76.0 Å². The molecule has 0 aliphatic rings. The van der Waals surface area contributed by atoms with Crippen molar-refractivity contribution in [2.75, 3.05) is 0 Å². The van der Waals surface area contributed by atoms with Crippen molar-refractivity contribution in [1.29, 1.82) is 0 Å². The van der Waals surface area contributed by atoms with Crippen LogP contribution < -0.4 is 5.73 Å². The summed E-state index contributed by atoms with van der Waals surface area (Å²) in [5.74, 6) is 0. The molecule has 19 heavy (non-hydrogen) atoms. The third kappa shape index (κ3) is 3.91. The second-order valence-corrected chi connectivity index (χ2v) is 6.77. The summed E-state index contributed by atoms with van der Waals surface area (Å²) in [6.45, 7) is 4.25. The number of aryl methyl sites for hydroxylation is 2. The van der Waals surface area contributed by atoms with E-state index in [1.54, 1.807) is 0 Å². The van der Waals surface area contributed by atoms with Crippen LogP contribution in [0.15, 0.2) is 45.3 Å². The number of hydrogen-bond acceptors (Lipinski definition) is 1. The molecule has 100 valence electrons. The zero-order chi connectivity index (χ0) is 14.0. The van der Waals surface area contributed by atoms with Crippen molar-refractivity contribution < 1.29 is 0 Å². The van der Waals surface area contributed by atoms with Gasteiger partial charge in [-0.2, -0.15) is 0 Å². The van der Waals surface area contributed by atoms with Crippen LogP contribution in [-0.2, 0) is 6.42 Å². The van der Waals surface area contributed by atoms with Crippen molar-refractivity contribution in [3.05, 3.63) is 67.6 Å². The third-order valence-electron chi connectivity index (χ3n) is 3.26. The average Bonchev–Trinajstić information content (AvgIpc) is 2.32. The van der Waals surface area contributed by atoms with Crippen LogP contribution in [0.4, 0.5) is 0 Å². The second kappa shape index (κ2) is 6.21. The Hall–Kier alpha value is -0.640. The highest BCUT2D eigenvalue weighted by molar-refractivity contribution is 9.11. The Morgan fingerprint density at radius 3 is 2.26 bits per heavy atom. The van der Waals surface area contributed by atoms with Gasteiger partial charge >= 0.3 is 0 Å². The van der Waals surface area contributed by atoms with Gasteiger partial charge in [-0.1, -0.05) is 55.6 Å². The van der Waals surface area contributed by atoms with E-state index in [4.69, 9.17) is 5.73 Å². The van der Waals surface area contributed by atoms with Crippen molar-refractivity contribution >= 4 is 31.9 Å².